The molecule has 1 N–H and O–H groups in total. The minimum Gasteiger partial charge on any atom is -0.496 e. The maximum absolute atomic E-state index is 12.9. The molecule has 0 bridgehead atoms. The lowest BCUT2D eigenvalue weighted by atomic mass is 10.0. The highest BCUT2D eigenvalue weighted by Crippen LogP contribution is 2.30. The van der Waals surface area contributed by atoms with Crippen LogP contribution < -0.4 is 15.0 Å². The third kappa shape index (κ3) is 3.94. The van der Waals surface area contributed by atoms with E-state index in [0.717, 1.165) is 36.5 Å². The number of anilines is 1. The van der Waals surface area contributed by atoms with E-state index >= 15 is 0 Å². The van der Waals surface area contributed by atoms with E-state index in [1.807, 2.05) is 18.2 Å². The standard InChI is InChI=1S/C22H23N3O5/c1-29-19-13-16(24-9-3-2-4-10-24)8-7-15(19)12-18-20(26)23-22(28)25(21(18)27)14-17-6-5-11-30-17/h5-8,11-13H,2-4,9-10,14H2,1H3,(H,23,26,28)/b18-12+. The third-order valence-corrected chi connectivity index (χ3v) is 5.32. The van der Waals surface area contributed by atoms with Crippen LogP contribution in [0.2, 0.25) is 0 Å². The molecule has 2 aliphatic rings. The lowest BCUT2D eigenvalue weighted by molar-refractivity contribution is -0.130. The van der Waals surface area contributed by atoms with Gasteiger partial charge in [-0.25, -0.2) is 4.79 Å². The molecular formula is C22H23N3O5. The predicted molar refractivity (Wildman–Crippen MR) is 110 cm³/mol. The van der Waals surface area contributed by atoms with Gasteiger partial charge in [-0.2, -0.15) is 0 Å². The number of imide groups is 2. The number of furan rings is 1. The summed E-state index contributed by atoms with van der Waals surface area (Å²) in [4.78, 5) is 40.6. The predicted octanol–water partition coefficient (Wildman–Crippen LogP) is 2.94. The second-order valence-electron chi connectivity index (χ2n) is 7.26. The molecule has 1 aromatic heterocycles. The maximum atomic E-state index is 12.9. The van der Waals surface area contributed by atoms with Crippen LogP contribution in [0.5, 0.6) is 5.75 Å². The Morgan fingerprint density at radius 2 is 1.93 bits per heavy atom. The molecule has 2 fully saturated rings. The molecule has 3 heterocycles. The summed E-state index contributed by atoms with van der Waals surface area (Å²) in [7, 11) is 1.55. The zero-order valence-electron chi connectivity index (χ0n) is 16.7. The number of hydrogen-bond donors (Lipinski definition) is 1. The molecule has 2 aliphatic heterocycles. The molecule has 156 valence electrons. The lowest BCUT2D eigenvalue weighted by Gasteiger charge is -2.29. The normalized spacial score (nSPS) is 18.7. The van der Waals surface area contributed by atoms with Gasteiger partial charge in [-0.3, -0.25) is 19.8 Å². The van der Waals surface area contributed by atoms with E-state index in [2.05, 4.69) is 10.2 Å². The Labute approximate surface area is 174 Å². The fourth-order valence-corrected chi connectivity index (χ4v) is 3.72. The topological polar surface area (TPSA) is 92.1 Å². The fraction of sp³-hybridized carbons (Fsp3) is 0.318. The first-order valence-electron chi connectivity index (χ1n) is 9.91. The van der Waals surface area contributed by atoms with Crippen molar-refractivity contribution in [1.82, 2.24) is 10.2 Å². The van der Waals surface area contributed by atoms with E-state index in [0.29, 0.717) is 17.1 Å². The van der Waals surface area contributed by atoms with Crippen LogP contribution in [-0.4, -0.2) is 42.9 Å². The van der Waals surface area contributed by atoms with Crippen molar-refractivity contribution in [2.45, 2.75) is 25.8 Å². The van der Waals surface area contributed by atoms with Crippen LogP contribution in [0, 0.1) is 0 Å². The van der Waals surface area contributed by atoms with Gasteiger partial charge in [0.15, 0.2) is 0 Å². The molecule has 0 saturated carbocycles. The van der Waals surface area contributed by atoms with E-state index in [9.17, 15) is 14.4 Å². The molecule has 0 spiro atoms. The molecular weight excluding hydrogens is 386 g/mol. The number of carbonyl (C=O) groups is 3. The van der Waals surface area contributed by atoms with Gasteiger partial charge in [0, 0.05) is 30.4 Å². The number of barbiturate groups is 1. The van der Waals surface area contributed by atoms with Gasteiger partial charge >= 0.3 is 6.03 Å². The lowest BCUT2D eigenvalue weighted by Crippen LogP contribution is -2.53. The first-order chi connectivity index (χ1) is 14.6. The maximum Gasteiger partial charge on any atom is 0.331 e. The van der Waals surface area contributed by atoms with Crippen molar-refractivity contribution in [2.75, 3.05) is 25.1 Å². The molecule has 4 amide bonds. The van der Waals surface area contributed by atoms with Crippen LogP contribution in [0.3, 0.4) is 0 Å². The Bertz CT molecular complexity index is 990. The molecule has 8 nitrogen and oxygen atoms in total. The third-order valence-electron chi connectivity index (χ3n) is 5.32. The number of nitrogens with one attached hydrogen (secondary N) is 1. The summed E-state index contributed by atoms with van der Waals surface area (Å²) < 4.78 is 10.7. The number of amides is 4. The van der Waals surface area contributed by atoms with Crippen LogP contribution in [-0.2, 0) is 16.1 Å². The van der Waals surface area contributed by atoms with Gasteiger partial charge < -0.3 is 14.1 Å². The van der Waals surface area contributed by atoms with Crippen molar-refractivity contribution in [1.29, 1.82) is 0 Å². The zero-order valence-corrected chi connectivity index (χ0v) is 16.7. The highest BCUT2D eigenvalue weighted by Gasteiger charge is 2.36. The Kier molecular flexibility index (Phi) is 5.56. The average Bonchev–Trinajstić information content (AvgIpc) is 3.28. The van der Waals surface area contributed by atoms with Crippen LogP contribution in [0.4, 0.5) is 10.5 Å². The van der Waals surface area contributed by atoms with Crippen LogP contribution in [0.15, 0.2) is 46.6 Å². The van der Waals surface area contributed by atoms with Crippen LogP contribution >= 0.6 is 0 Å². The van der Waals surface area contributed by atoms with Crippen molar-refractivity contribution in [3.8, 4) is 5.75 Å². The van der Waals surface area contributed by atoms with Gasteiger partial charge in [-0.1, -0.05) is 0 Å². The number of piperidine rings is 1. The summed E-state index contributed by atoms with van der Waals surface area (Å²) >= 11 is 0. The Hall–Kier alpha value is -3.55. The molecule has 2 saturated heterocycles. The van der Waals surface area contributed by atoms with Gasteiger partial charge in [-0.05, 0) is 49.6 Å². The largest absolute Gasteiger partial charge is 0.496 e. The SMILES string of the molecule is COc1cc(N2CCCCC2)ccc1/C=C1\C(=O)NC(=O)N(Cc2ccco2)C1=O. The second kappa shape index (κ2) is 8.44. The van der Waals surface area contributed by atoms with Gasteiger partial charge in [0.1, 0.15) is 17.1 Å². The van der Waals surface area contributed by atoms with Gasteiger partial charge in [-0.15, -0.1) is 0 Å². The van der Waals surface area contributed by atoms with Gasteiger partial charge in [0.05, 0.1) is 19.9 Å². The van der Waals surface area contributed by atoms with Crippen molar-refractivity contribution < 1.29 is 23.5 Å². The number of hydrogen-bond acceptors (Lipinski definition) is 6. The molecule has 0 radical (unpaired) electrons. The monoisotopic (exact) mass is 409 g/mol. The highest BCUT2D eigenvalue weighted by atomic mass is 16.5. The van der Waals surface area contributed by atoms with E-state index in [1.165, 1.54) is 18.8 Å². The molecule has 30 heavy (non-hydrogen) atoms. The summed E-state index contributed by atoms with van der Waals surface area (Å²) in [5.74, 6) is -0.415. The first kappa shape index (κ1) is 19.8. The Balaban J connectivity index is 1.62. The van der Waals surface area contributed by atoms with Crippen molar-refractivity contribution in [2.24, 2.45) is 0 Å². The van der Waals surface area contributed by atoms with E-state index in [4.69, 9.17) is 9.15 Å². The van der Waals surface area contributed by atoms with Gasteiger partial charge in [0.2, 0.25) is 0 Å². The van der Waals surface area contributed by atoms with Crippen molar-refractivity contribution in [3.63, 3.8) is 0 Å². The molecule has 8 heteroatoms. The molecule has 0 unspecified atom stereocenters. The number of methoxy groups -OCH3 is 1. The molecule has 0 aliphatic carbocycles. The average molecular weight is 409 g/mol. The summed E-state index contributed by atoms with van der Waals surface area (Å²) in [6.07, 6.45) is 6.46. The molecule has 4 rings (SSSR count). The quantitative estimate of drug-likeness (QED) is 0.603. The van der Waals surface area contributed by atoms with Crippen LogP contribution in [0.1, 0.15) is 30.6 Å². The minimum atomic E-state index is -0.772. The van der Waals surface area contributed by atoms with E-state index < -0.39 is 17.8 Å². The minimum absolute atomic E-state index is 0.0622. The summed E-state index contributed by atoms with van der Waals surface area (Å²) in [5, 5.41) is 2.21. The molecule has 1 aromatic carbocycles. The van der Waals surface area contributed by atoms with Crippen molar-refractivity contribution >= 4 is 29.6 Å². The number of ether oxygens (including phenoxy) is 1. The summed E-state index contributed by atoms with van der Waals surface area (Å²) in [6.45, 7) is 1.93. The number of rotatable bonds is 5. The first-order valence-corrected chi connectivity index (χ1v) is 9.91. The summed E-state index contributed by atoms with van der Waals surface area (Å²) in [6, 6.07) is 8.24. The fourth-order valence-electron chi connectivity index (χ4n) is 3.72. The number of nitrogens with zero attached hydrogens (tertiary/aromatic N) is 2. The van der Waals surface area contributed by atoms with E-state index in [-0.39, 0.29) is 12.1 Å². The number of carbonyl (C=O) groups excluding carboxylic acids is 3. The van der Waals surface area contributed by atoms with E-state index in [1.54, 1.807) is 19.2 Å². The summed E-state index contributed by atoms with van der Waals surface area (Å²) in [5.41, 5.74) is 1.50. The smallest absolute Gasteiger partial charge is 0.331 e. The molecule has 0 atom stereocenters. The van der Waals surface area contributed by atoms with Crippen LogP contribution in [0.25, 0.3) is 6.08 Å². The second-order valence-corrected chi connectivity index (χ2v) is 7.26. The Morgan fingerprint density at radius 1 is 1.13 bits per heavy atom. The Morgan fingerprint density at radius 3 is 2.63 bits per heavy atom. The number of benzene rings is 1. The highest BCUT2D eigenvalue weighted by molar-refractivity contribution is 6.31. The molecule has 2 aromatic rings. The van der Waals surface area contributed by atoms with Gasteiger partial charge in [0.25, 0.3) is 11.8 Å². The number of urea groups is 1. The zero-order chi connectivity index (χ0) is 21.1. The van der Waals surface area contributed by atoms with Crippen molar-refractivity contribution in [3.05, 3.63) is 53.5 Å².